The van der Waals surface area contributed by atoms with Crippen LogP contribution in [0.5, 0.6) is 0 Å². The highest BCUT2D eigenvalue weighted by atomic mass is 15.0. The van der Waals surface area contributed by atoms with E-state index in [1.165, 1.54) is 5.57 Å². The molecule has 6 heteroatoms. The number of aliphatic imine (C=N–C) groups is 4. The fraction of sp³-hybridized carbons (Fsp3) is 0.224. The normalized spacial score (nSPS) is 17.4. The van der Waals surface area contributed by atoms with Gasteiger partial charge in [0.05, 0.1) is 12.2 Å². The summed E-state index contributed by atoms with van der Waals surface area (Å²) in [4.78, 5) is 19.5. The molecule has 55 heavy (non-hydrogen) atoms. The smallest absolute Gasteiger partial charge is 0.157 e. The van der Waals surface area contributed by atoms with Gasteiger partial charge >= 0.3 is 0 Å². The molecule has 3 aromatic rings. The number of nitrogens with two attached hydrogens (primary N) is 2. The predicted octanol–water partition coefficient (Wildman–Crippen LogP) is 11.5. The second kappa shape index (κ2) is 22.8. The minimum Gasteiger partial charge on any atom is -0.383 e. The van der Waals surface area contributed by atoms with Gasteiger partial charge in [0.1, 0.15) is 17.5 Å². The zero-order chi connectivity index (χ0) is 39.3. The van der Waals surface area contributed by atoms with Gasteiger partial charge in [0.15, 0.2) is 5.84 Å². The average molecular weight is 729 g/mol. The van der Waals surface area contributed by atoms with Crippen LogP contribution in [-0.4, -0.2) is 29.9 Å². The van der Waals surface area contributed by atoms with Crippen LogP contribution >= 0.6 is 0 Å². The van der Waals surface area contributed by atoms with E-state index in [2.05, 4.69) is 113 Å². The van der Waals surface area contributed by atoms with Crippen molar-refractivity contribution in [3.8, 4) is 0 Å². The first-order chi connectivity index (χ1) is 26.8. The van der Waals surface area contributed by atoms with Gasteiger partial charge in [-0.15, -0.1) is 0 Å². The van der Waals surface area contributed by atoms with Crippen molar-refractivity contribution in [1.29, 1.82) is 0 Å². The molecule has 0 heterocycles. The number of nitrogens with zero attached hydrogens (tertiary/aromatic N) is 4. The van der Waals surface area contributed by atoms with Gasteiger partial charge in [0, 0.05) is 23.1 Å². The number of benzene rings is 3. The molecular weight excluding hydrogens is 673 g/mol. The molecule has 0 aliphatic heterocycles. The van der Waals surface area contributed by atoms with Gasteiger partial charge in [-0.05, 0) is 61.3 Å². The van der Waals surface area contributed by atoms with Gasteiger partial charge in [0.25, 0.3) is 0 Å². The van der Waals surface area contributed by atoms with Crippen LogP contribution in [-0.2, 0) is 0 Å². The van der Waals surface area contributed by atoms with Crippen LogP contribution in [0.4, 0.5) is 0 Å². The van der Waals surface area contributed by atoms with Crippen molar-refractivity contribution in [1.82, 2.24) is 0 Å². The molecule has 0 aromatic heterocycles. The topological polar surface area (TPSA) is 101 Å². The Morgan fingerprint density at radius 1 is 0.709 bits per heavy atom. The van der Waals surface area contributed by atoms with Crippen molar-refractivity contribution in [3.63, 3.8) is 0 Å². The first kappa shape index (κ1) is 41.6. The van der Waals surface area contributed by atoms with Gasteiger partial charge in [-0.3, -0.25) is 4.99 Å². The molecule has 4 N–H and O–H groups in total. The molecule has 0 saturated carbocycles. The van der Waals surface area contributed by atoms with Crippen molar-refractivity contribution >= 4 is 34.6 Å². The molecule has 0 fully saturated rings. The summed E-state index contributed by atoms with van der Waals surface area (Å²) in [5, 5.41) is 0. The lowest BCUT2D eigenvalue weighted by molar-refractivity contribution is 1.10. The Bertz CT molecular complexity index is 2060. The number of rotatable bonds is 15. The van der Waals surface area contributed by atoms with Crippen molar-refractivity contribution in [3.05, 3.63) is 191 Å². The van der Waals surface area contributed by atoms with E-state index in [0.29, 0.717) is 42.0 Å². The third kappa shape index (κ3) is 13.7. The SMILES string of the molecule is C=C(N=C(C/C=C\C(=C(\C)CC)c1ccc(C(N=C(N)C(/C=C\CC)=C/CC)=NCC2=C/C/C=C\C\C=C\2)cc1)N=C(N)c1ccccc1)c1ccccc1. The summed E-state index contributed by atoms with van der Waals surface area (Å²) in [5.41, 5.74) is 21.9. The molecule has 0 radical (unpaired) electrons. The van der Waals surface area contributed by atoms with E-state index >= 15 is 0 Å². The van der Waals surface area contributed by atoms with E-state index in [1.807, 2.05) is 66.7 Å². The molecular formula is C49H56N6. The number of hydrogen-bond donors (Lipinski definition) is 2. The number of hydrogen-bond acceptors (Lipinski definition) is 2. The second-order valence-electron chi connectivity index (χ2n) is 13.1. The quantitative estimate of drug-likeness (QED) is 0.0704. The maximum Gasteiger partial charge on any atom is 0.157 e. The standard InChI is InChI=1S/C49H56N6/c1-6-9-25-42(22-7-2)48(51)55-49(52-36-39-23-15-11-10-12-16-24-39)44-34-32-41(33-35-44)45(37(4)8-3)30-21-31-46(53-38(5)40-26-17-13-18-27-40)54-47(50)43-28-19-14-20-29-43/h9-11,13-14,16-30,32-35H,5-8,12,15,31,36H2,1-4H3,(H2,50,53,54)(H2,51,52,55)/b11-10-,24-16+,25-9-,30-21-,39-23+,42-22+,45-37+. The summed E-state index contributed by atoms with van der Waals surface area (Å²) < 4.78 is 0. The lowest BCUT2D eigenvalue weighted by atomic mass is 9.97. The molecule has 3 aromatic carbocycles. The highest BCUT2D eigenvalue weighted by Crippen LogP contribution is 2.24. The number of amidine groups is 4. The first-order valence-corrected chi connectivity index (χ1v) is 19.3. The van der Waals surface area contributed by atoms with Crippen LogP contribution in [0, 0.1) is 0 Å². The zero-order valence-electron chi connectivity index (χ0n) is 33.0. The summed E-state index contributed by atoms with van der Waals surface area (Å²) in [6, 6.07) is 28.1. The van der Waals surface area contributed by atoms with E-state index in [0.717, 1.165) is 71.1 Å². The highest BCUT2D eigenvalue weighted by Gasteiger charge is 2.10. The summed E-state index contributed by atoms with van der Waals surface area (Å²) in [5.74, 6) is 2.03. The van der Waals surface area contributed by atoms with Crippen LogP contribution in [0.1, 0.15) is 88.5 Å². The van der Waals surface area contributed by atoms with Crippen LogP contribution in [0.15, 0.2) is 189 Å². The van der Waals surface area contributed by atoms with Gasteiger partial charge in [-0.1, -0.05) is 179 Å². The Morgan fingerprint density at radius 2 is 1.38 bits per heavy atom. The zero-order valence-corrected chi connectivity index (χ0v) is 33.0. The Kier molecular flexibility index (Phi) is 17.3. The second-order valence-corrected chi connectivity index (χ2v) is 13.1. The predicted molar refractivity (Wildman–Crippen MR) is 240 cm³/mol. The third-order valence-electron chi connectivity index (χ3n) is 8.90. The highest BCUT2D eigenvalue weighted by molar-refractivity contribution is 6.12. The lowest BCUT2D eigenvalue weighted by Gasteiger charge is -2.11. The molecule has 1 aliphatic carbocycles. The average Bonchev–Trinajstić information content (AvgIpc) is 3.20. The van der Waals surface area contributed by atoms with E-state index in [1.54, 1.807) is 0 Å². The number of allylic oxidation sites excluding steroid dienone is 9. The van der Waals surface area contributed by atoms with Gasteiger partial charge in [0.2, 0.25) is 0 Å². The van der Waals surface area contributed by atoms with Gasteiger partial charge in [-0.2, -0.15) is 0 Å². The van der Waals surface area contributed by atoms with Crippen molar-refractivity contribution in [2.24, 2.45) is 31.4 Å². The van der Waals surface area contributed by atoms with Crippen LogP contribution in [0.3, 0.4) is 0 Å². The first-order valence-electron chi connectivity index (χ1n) is 19.3. The van der Waals surface area contributed by atoms with Crippen LogP contribution in [0.25, 0.3) is 11.3 Å². The summed E-state index contributed by atoms with van der Waals surface area (Å²) >= 11 is 0. The Hall–Kier alpha value is -6.14. The summed E-state index contributed by atoms with van der Waals surface area (Å²) in [7, 11) is 0. The summed E-state index contributed by atoms with van der Waals surface area (Å²) in [6.07, 6.45) is 26.3. The monoisotopic (exact) mass is 728 g/mol. The molecule has 0 amide bonds. The molecule has 0 spiro atoms. The van der Waals surface area contributed by atoms with E-state index in [4.69, 9.17) is 31.4 Å². The van der Waals surface area contributed by atoms with Crippen molar-refractivity contribution in [2.45, 2.75) is 66.2 Å². The van der Waals surface area contributed by atoms with E-state index in [9.17, 15) is 0 Å². The van der Waals surface area contributed by atoms with E-state index < -0.39 is 0 Å². The minimum absolute atomic E-state index is 0.405. The molecule has 0 bridgehead atoms. The lowest BCUT2D eigenvalue weighted by Crippen LogP contribution is -2.17. The molecule has 0 atom stereocenters. The largest absolute Gasteiger partial charge is 0.383 e. The van der Waals surface area contributed by atoms with Crippen molar-refractivity contribution < 1.29 is 0 Å². The van der Waals surface area contributed by atoms with Crippen molar-refractivity contribution in [2.75, 3.05) is 6.54 Å². The minimum atomic E-state index is 0.405. The van der Waals surface area contributed by atoms with Crippen LogP contribution in [0.2, 0.25) is 0 Å². The molecule has 0 unspecified atom stereocenters. The van der Waals surface area contributed by atoms with Crippen LogP contribution < -0.4 is 11.5 Å². The third-order valence-corrected chi connectivity index (χ3v) is 8.90. The molecule has 6 nitrogen and oxygen atoms in total. The fourth-order valence-electron chi connectivity index (χ4n) is 5.69. The van der Waals surface area contributed by atoms with Gasteiger partial charge < -0.3 is 11.5 Å². The Balaban J connectivity index is 1.68. The van der Waals surface area contributed by atoms with E-state index in [-0.39, 0.29) is 0 Å². The maximum atomic E-state index is 6.64. The molecule has 4 rings (SSSR count). The maximum absolute atomic E-state index is 6.64. The Morgan fingerprint density at radius 3 is 2.05 bits per heavy atom. The fourth-order valence-corrected chi connectivity index (χ4v) is 5.69. The van der Waals surface area contributed by atoms with Gasteiger partial charge in [-0.25, -0.2) is 15.0 Å². The molecule has 1 aliphatic rings. The Labute approximate surface area is 329 Å². The molecule has 282 valence electrons. The molecule has 0 saturated heterocycles. The summed E-state index contributed by atoms with van der Waals surface area (Å²) in [6.45, 7) is 13.3.